The van der Waals surface area contributed by atoms with Crippen LogP contribution in [0.15, 0.2) is 18.2 Å². The fourth-order valence-electron chi connectivity index (χ4n) is 2.17. The first-order valence-electron chi connectivity index (χ1n) is 6.87. The van der Waals surface area contributed by atoms with Gasteiger partial charge in [0, 0.05) is 6.54 Å². The van der Waals surface area contributed by atoms with E-state index in [4.69, 9.17) is 14.6 Å². The van der Waals surface area contributed by atoms with E-state index in [0.717, 1.165) is 5.56 Å². The van der Waals surface area contributed by atoms with Gasteiger partial charge in [-0.25, -0.2) is 0 Å². The Bertz CT molecular complexity index is 543. The number of hydrogen-bond donors (Lipinski definition) is 2. The number of benzene rings is 1. The average Bonchev–Trinajstić information content (AvgIpc) is 3.26. The monoisotopic (exact) mass is 293 g/mol. The lowest BCUT2D eigenvalue weighted by Gasteiger charge is -2.11. The molecule has 6 nitrogen and oxygen atoms in total. The number of ether oxygens (including phenoxy) is 2. The molecule has 114 valence electrons. The summed E-state index contributed by atoms with van der Waals surface area (Å²) >= 11 is 0. The first-order chi connectivity index (χ1) is 10.1. The average molecular weight is 293 g/mol. The molecule has 1 amide bonds. The molecule has 0 heterocycles. The molecule has 1 fully saturated rings. The Labute approximate surface area is 123 Å². The molecule has 2 rings (SSSR count). The topological polar surface area (TPSA) is 84.9 Å². The van der Waals surface area contributed by atoms with Crippen molar-refractivity contribution in [3.05, 3.63) is 23.8 Å². The van der Waals surface area contributed by atoms with Crippen LogP contribution >= 0.6 is 0 Å². The van der Waals surface area contributed by atoms with Crippen molar-refractivity contribution in [2.45, 2.75) is 19.9 Å². The van der Waals surface area contributed by atoms with Crippen LogP contribution in [0.3, 0.4) is 0 Å². The molecule has 0 radical (unpaired) electrons. The van der Waals surface area contributed by atoms with Gasteiger partial charge in [0.2, 0.25) is 5.91 Å². The van der Waals surface area contributed by atoms with Gasteiger partial charge in [-0.1, -0.05) is 6.07 Å². The minimum Gasteiger partial charge on any atom is -0.493 e. The Hall–Kier alpha value is -2.24. The lowest BCUT2D eigenvalue weighted by molar-refractivity contribution is -0.140. The molecule has 0 unspecified atom stereocenters. The highest BCUT2D eigenvalue weighted by atomic mass is 16.5. The van der Waals surface area contributed by atoms with Crippen LogP contribution in [0.25, 0.3) is 0 Å². The zero-order chi connectivity index (χ0) is 15.4. The third-order valence-electron chi connectivity index (χ3n) is 3.44. The maximum atomic E-state index is 11.8. The van der Waals surface area contributed by atoms with Crippen LogP contribution in [0.4, 0.5) is 0 Å². The van der Waals surface area contributed by atoms with E-state index in [1.54, 1.807) is 19.2 Å². The quantitative estimate of drug-likeness (QED) is 0.794. The van der Waals surface area contributed by atoms with E-state index in [-0.39, 0.29) is 5.91 Å². The van der Waals surface area contributed by atoms with E-state index in [9.17, 15) is 9.59 Å². The Kier molecular flexibility index (Phi) is 4.67. The summed E-state index contributed by atoms with van der Waals surface area (Å²) < 4.78 is 10.7. The van der Waals surface area contributed by atoms with Gasteiger partial charge in [-0.05, 0) is 31.0 Å². The molecule has 1 aromatic rings. The normalized spacial score (nSPS) is 19.7. The highest BCUT2D eigenvalue weighted by Gasteiger charge is 2.48. The number of nitrogens with one attached hydrogen (secondary N) is 1. The zero-order valence-corrected chi connectivity index (χ0v) is 12.1. The van der Waals surface area contributed by atoms with Crippen molar-refractivity contribution in [3.63, 3.8) is 0 Å². The number of rotatable bonds is 7. The number of amides is 1. The molecule has 1 aliphatic carbocycles. The number of hydrogen-bond acceptors (Lipinski definition) is 4. The minimum atomic E-state index is -0.905. The van der Waals surface area contributed by atoms with Crippen molar-refractivity contribution in [3.8, 4) is 11.5 Å². The summed E-state index contributed by atoms with van der Waals surface area (Å²) in [6.45, 7) is 2.78. The smallest absolute Gasteiger partial charge is 0.307 e. The summed E-state index contributed by atoms with van der Waals surface area (Å²) in [4.78, 5) is 22.5. The van der Waals surface area contributed by atoms with Gasteiger partial charge in [0.25, 0.3) is 0 Å². The van der Waals surface area contributed by atoms with E-state index in [1.165, 1.54) is 0 Å². The molecule has 2 atom stereocenters. The summed E-state index contributed by atoms with van der Waals surface area (Å²) in [5.41, 5.74) is 0.871. The lowest BCUT2D eigenvalue weighted by Crippen LogP contribution is -2.25. The van der Waals surface area contributed by atoms with Gasteiger partial charge >= 0.3 is 5.97 Å². The molecule has 0 aliphatic heterocycles. The summed E-state index contributed by atoms with van der Waals surface area (Å²) in [6, 6.07) is 5.43. The third-order valence-corrected chi connectivity index (χ3v) is 3.44. The van der Waals surface area contributed by atoms with Gasteiger partial charge in [0.05, 0.1) is 25.6 Å². The van der Waals surface area contributed by atoms with Crippen molar-refractivity contribution >= 4 is 11.9 Å². The third kappa shape index (κ3) is 3.65. The predicted octanol–water partition coefficient (Wildman–Crippen LogP) is 1.43. The van der Waals surface area contributed by atoms with Crippen molar-refractivity contribution in [2.24, 2.45) is 11.8 Å². The van der Waals surface area contributed by atoms with E-state index in [0.29, 0.717) is 31.1 Å². The zero-order valence-electron chi connectivity index (χ0n) is 12.1. The maximum Gasteiger partial charge on any atom is 0.307 e. The fourth-order valence-corrected chi connectivity index (χ4v) is 2.17. The lowest BCUT2D eigenvalue weighted by atomic mass is 10.2. The highest BCUT2D eigenvalue weighted by Crippen LogP contribution is 2.38. The second-order valence-electron chi connectivity index (χ2n) is 4.92. The summed E-state index contributed by atoms with van der Waals surface area (Å²) in [5.74, 6) is -0.776. The minimum absolute atomic E-state index is 0.213. The van der Waals surface area contributed by atoms with E-state index >= 15 is 0 Å². The number of methoxy groups -OCH3 is 1. The predicted molar refractivity (Wildman–Crippen MR) is 75.2 cm³/mol. The van der Waals surface area contributed by atoms with E-state index in [2.05, 4.69) is 5.32 Å². The van der Waals surface area contributed by atoms with E-state index in [1.807, 2.05) is 13.0 Å². The number of carboxylic acid groups (broad SMARTS) is 1. The molecule has 1 saturated carbocycles. The first-order valence-corrected chi connectivity index (χ1v) is 6.87. The van der Waals surface area contributed by atoms with E-state index < -0.39 is 17.8 Å². The van der Waals surface area contributed by atoms with Crippen molar-refractivity contribution < 1.29 is 24.2 Å². The Morgan fingerprint density at radius 2 is 2.10 bits per heavy atom. The molecule has 1 aromatic carbocycles. The highest BCUT2D eigenvalue weighted by molar-refractivity contribution is 5.89. The van der Waals surface area contributed by atoms with Crippen molar-refractivity contribution in [2.75, 3.05) is 13.7 Å². The van der Waals surface area contributed by atoms with Gasteiger partial charge in [0.1, 0.15) is 0 Å². The second-order valence-corrected chi connectivity index (χ2v) is 4.92. The molecular weight excluding hydrogens is 274 g/mol. The molecule has 6 heteroatoms. The first kappa shape index (κ1) is 15.2. The largest absolute Gasteiger partial charge is 0.493 e. The van der Waals surface area contributed by atoms with Gasteiger partial charge in [-0.15, -0.1) is 0 Å². The Morgan fingerprint density at radius 1 is 1.33 bits per heavy atom. The van der Waals surface area contributed by atoms with Crippen LogP contribution in [0.1, 0.15) is 18.9 Å². The van der Waals surface area contributed by atoms with Crippen molar-refractivity contribution in [1.29, 1.82) is 0 Å². The molecule has 21 heavy (non-hydrogen) atoms. The SMILES string of the molecule is CCOc1ccc(CNC(=O)[C@@H]2C[C@@H]2C(=O)O)cc1OC. The molecule has 0 aromatic heterocycles. The summed E-state index contributed by atoms with van der Waals surface area (Å²) in [7, 11) is 1.56. The second kappa shape index (κ2) is 6.47. The standard InChI is InChI=1S/C15H19NO5/c1-3-21-12-5-4-9(6-13(12)20-2)8-16-14(17)10-7-11(10)15(18)19/h4-6,10-11H,3,7-8H2,1-2H3,(H,16,17)(H,18,19)/t10-,11+/m1/s1. The fraction of sp³-hybridized carbons (Fsp3) is 0.467. The summed E-state index contributed by atoms with van der Waals surface area (Å²) in [6.07, 6.45) is 0.424. The molecular formula is C15H19NO5. The van der Waals surface area contributed by atoms with Crippen LogP contribution in [-0.2, 0) is 16.1 Å². The Balaban J connectivity index is 1.91. The van der Waals surface area contributed by atoms with Gasteiger partial charge in [-0.3, -0.25) is 9.59 Å². The number of carbonyl (C=O) groups is 2. The van der Waals surface area contributed by atoms with Crippen LogP contribution in [-0.4, -0.2) is 30.7 Å². The molecule has 0 saturated heterocycles. The van der Waals surface area contributed by atoms with Crippen LogP contribution in [0.2, 0.25) is 0 Å². The van der Waals surface area contributed by atoms with Crippen molar-refractivity contribution in [1.82, 2.24) is 5.32 Å². The van der Waals surface area contributed by atoms with Gasteiger partial charge < -0.3 is 19.9 Å². The van der Waals surface area contributed by atoms with Gasteiger partial charge in [-0.2, -0.15) is 0 Å². The molecule has 2 N–H and O–H groups in total. The van der Waals surface area contributed by atoms with Crippen LogP contribution < -0.4 is 14.8 Å². The number of carboxylic acids is 1. The summed E-state index contributed by atoms with van der Waals surface area (Å²) in [5, 5.41) is 11.5. The Morgan fingerprint density at radius 3 is 2.67 bits per heavy atom. The van der Waals surface area contributed by atoms with Crippen LogP contribution in [0.5, 0.6) is 11.5 Å². The van der Waals surface area contributed by atoms with Crippen LogP contribution in [0, 0.1) is 11.8 Å². The molecule has 1 aliphatic rings. The maximum absolute atomic E-state index is 11.8. The van der Waals surface area contributed by atoms with Gasteiger partial charge in [0.15, 0.2) is 11.5 Å². The molecule has 0 bridgehead atoms. The number of aliphatic carboxylic acids is 1. The number of carbonyl (C=O) groups excluding carboxylic acids is 1. The molecule has 0 spiro atoms.